The first-order valence-electron chi connectivity index (χ1n) is 17.8. The van der Waals surface area contributed by atoms with Crippen LogP contribution in [0.4, 0.5) is 8.78 Å². The highest BCUT2D eigenvalue weighted by atomic mass is 19.3. The molecular weight excluding hydrogens is 604 g/mol. The van der Waals surface area contributed by atoms with Gasteiger partial charge in [0, 0.05) is 66.9 Å². The Hall–Kier alpha value is -3.49. The summed E-state index contributed by atoms with van der Waals surface area (Å²) >= 11 is 0. The number of hydrogen-bond acceptors (Lipinski definition) is 5. The SMILES string of the molecule is CCC1=C(C(=O)NC2=CCC(CC)C(=NCCN(C)C)C=C2)c2cc(-c3cncc(CN4CCC(F)(F)C4)c3)ccc2C(C)C(C)CC1. The minimum atomic E-state index is -2.63. The second-order valence-corrected chi connectivity index (χ2v) is 14.2. The zero-order chi connectivity index (χ0) is 34.4. The Morgan fingerprint density at radius 3 is 2.65 bits per heavy atom. The number of carbonyl (C=O) groups excluding carboxylic acids is 1. The molecule has 3 atom stereocenters. The van der Waals surface area contributed by atoms with Gasteiger partial charge in [-0.3, -0.25) is 19.7 Å². The zero-order valence-corrected chi connectivity index (χ0v) is 29.7. The van der Waals surface area contributed by atoms with Gasteiger partial charge in [-0.05, 0) is 105 Å². The number of amides is 1. The van der Waals surface area contributed by atoms with Crippen molar-refractivity contribution in [3.8, 4) is 11.1 Å². The Bertz CT molecular complexity index is 1590. The Kier molecular flexibility index (Phi) is 11.8. The number of fused-ring (bicyclic) bond motifs is 1. The third-order valence-electron chi connectivity index (χ3n) is 10.4. The summed E-state index contributed by atoms with van der Waals surface area (Å²) in [5.74, 6) is -1.64. The van der Waals surface area contributed by atoms with Crippen LogP contribution in [-0.4, -0.2) is 72.6 Å². The van der Waals surface area contributed by atoms with E-state index in [9.17, 15) is 13.6 Å². The molecule has 6 nitrogen and oxygen atoms in total. The Labute approximate surface area is 286 Å². The number of pyridine rings is 1. The number of aliphatic imine (C=N–C) groups is 1. The molecule has 8 heteroatoms. The monoisotopic (exact) mass is 657 g/mol. The smallest absolute Gasteiger partial charge is 0.261 e. The quantitative estimate of drug-likeness (QED) is 0.280. The molecule has 48 heavy (non-hydrogen) atoms. The number of allylic oxidation sites excluding steroid dienone is 4. The molecule has 1 aliphatic heterocycles. The standard InChI is InChI=1S/C40H53F2N5O/c1-7-30-11-13-34(14-16-37(30)44-18-20-46(5)6)45-39(48)38-31(8-2)10-9-27(3)28(4)35-15-12-32(22-36(35)38)33-21-29(23-43-24-33)25-47-19-17-40(41,42)26-47/h12-16,21-24,27-28,30H,7-11,17-20,25-26H2,1-6H3,(H,45,48). The van der Waals surface area contributed by atoms with Crippen molar-refractivity contribution in [2.24, 2.45) is 16.8 Å². The van der Waals surface area contributed by atoms with E-state index < -0.39 is 5.92 Å². The van der Waals surface area contributed by atoms with Crippen LogP contribution < -0.4 is 5.32 Å². The van der Waals surface area contributed by atoms with E-state index in [-0.39, 0.29) is 24.8 Å². The molecule has 0 radical (unpaired) electrons. The predicted octanol–water partition coefficient (Wildman–Crippen LogP) is 8.28. The fourth-order valence-electron chi connectivity index (χ4n) is 7.18. The maximum atomic E-state index is 14.4. The topological polar surface area (TPSA) is 60.8 Å². The van der Waals surface area contributed by atoms with Crippen molar-refractivity contribution in [1.82, 2.24) is 20.1 Å². The lowest BCUT2D eigenvalue weighted by Crippen LogP contribution is -2.26. The van der Waals surface area contributed by atoms with Gasteiger partial charge in [0.1, 0.15) is 0 Å². The van der Waals surface area contributed by atoms with E-state index in [1.165, 1.54) is 11.1 Å². The number of benzene rings is 1. The number of hydrogen-bond donors (Lipinski definition) is 1. The van der Waals surface area contributed by atoms with Gasteiger partial charge in [0.2, 0.25) is 0 Å². The first-order valence-corrected chi connectivity index (χ1v) is 17.8. The molecule has 1 aromatic heterocycles. The largest absolute Gasteiger partial charge is 0.322 e. The summed E-state index contributed by atoms with van der Waals surface area (Å²) in [6.07, 6.45) is 14.2. The number of nitrogens with zero attached hydrogens (tertiary/aromatic N) is 4. The van der Waals surface area contributed by atoms with Gasteiger partial charge in [0.05, 0.1) is 13.1 Å². The van der Waals surface area contributed by atoms with Crippen LogP contribution in [-0.2, 0) is 11.3 Å². The van der Waals surface area contributed by atoms with Gasteiger partial charge in [-0.1, -0.05) is 51.5 Å². The van der Waals surface area contributed by atoms with E-state index in [0.717, 1.165) is 84.4 Å². The van der Waals surface area contributed by atoms with E-state index in [0.29, 0.717) is 24.9 Å². The first kappa shape index (κ1) is 35.8. The number of carbonyl (C=O) groups is 1. The van der Waals surface area contributed by atoms with Crippen molar-refractivity contribution in [1.29, 1.82) is 0 Å². The molecule has 2 aliphatic carbocycles. The molecule has 1 fully saturated rings. The Morgan fingerprint density at radius 2 is 1.94 bits per heavy atom. The van der Waals surface area contributed by atoms with Gasteiger partial charge in [-0.15, -0.1) is 0 Å². The lowest BCUT2D eigenvalue weighted by Gasteiger charge is -2.29. The average Bonchev–Trinajstić information content (AvgIpc) is 3.28. The lowest BCUT2D eigenvalue weighted by molar-refractivity contribution is -0.114. The molecule has 0 saturated carbocycles. The van der Waals surface area contributed by atoms with E-state index in [4.69, 9.17) is 4.99 Å². The van der Waals surface area contributed by atoms with Gasteiger partial charge >= 0.3 is 0 Å². The molecule has 1 aromatic carbocycles. The minimum absolute atomic E-state index is 0.0780. The molecular formula is C40H53F2N5O. The number of likely N-dealkylation sites (N-methyl/N-ethyl adjacent to an activating group) is 1. The number of aromatic nitrogens is 1. The molecule has 3 unspecified atom stereocenters. The summed E-state index contributed by atoms with van der Waals surface area (Å²) in [5.41, 5.74) is 8.78. The van der Waals surface area contributed by atoms with Crippen LogP contribution in [0.3, 0.4) is 0 Å². The molecule has 5 rings (SSSR count). The van der Waals surface area contributed by atoms with Crippen LogP contribution in [0.1, 0.15) is 88.8 Å². The molecule has 1 saturated heterocycles. The van der Waals surface area contributed by atoms with Crippen LogP contribution in [0, 0.1) is 11.8 Å². The zero-order valence-electron chi connectivity index (χ0n) is 29.7. The Balaban J connectivity index is 1.47. The highest BCUT2D eigenvalue weighted by Crippen LogP contribution is 2.41. The summed E-state index contributed by atoms with van der Waals surface area (Å²) in [5, 5.41) is 3.30. The summed E-state index contributed by atoms with van der Waals surface area (Å²) in [6, 6.07) is 8.50. The maximum absolute atomic E-state index is 14.4. The predicted molar refractivity (Wildman–Crippen MR) is 193 cm³/mol. The van der Waals surface area contributed by atoms with Crippen molar-refractivity contribution in [2.45, 2.75) is 84.6 Å². The summed E-state index contributed by atoms with van der Waals surface area (Å²) in [7, 11) is 4.12. The van der Waals surface area contributed by atoms with Gasteiger partial charge in [-0.25, -0.2) is 8.78 Å². The highest BCUT2D eigenvalue weighted by Gasteiger charge is 2.38. The number of likely N-dealkylation sites (tertiary alicyclic amines) is 1. The van der Waals surface area contributed by atoms with Crippen LogP contribution in [0.15, 0.2) is 71.1 Å². The van der Waals surface area contributed by atoms with Crippen molar-refractivity contribution < 1.29 is 13.6 Å². The van der Waals surface area contributed by atoms with Crippen molar-refractivity contribution >= 4 is 17.2 Å². The van der Waals surface area contributed by atoms with Crippen molar-refractivity contribution in [3.63, 3.8) is 0 Å². The van der Waals surface area contributed by atoms with Gasteiger partial charge < -0.3 is 10.2 Å². The van der Waals surface area contributed by atoms with Crippen LogP contribution in [0.5, 0.6) is 0 Å². The maximum Gasteiger partial charge on any atom is 0.261 e. The van der Waals surface area contributed by atoms with Gasteiger partial charge in [0.25, 0.3) is 11.8 Å². The number of nitrogens with one attached hydrogen (secondary N) is 1. The highest BCUT2D eigenvalue weighted by molar-refractivity contribution is 6.22. The average molecular weight is 658 g/mol. The molecule has 2 aromatic rings. The van der Waals surface area contributed by atoms with E-state index >= 15 is 0 Å². The molecule has 1 N–H and O–H groups in total. The van der Waals surface area contributed by atoms with Gasteiger partial charge in [0.15, 0.2) is 0 Å². The molecule has 1 amide bonds. The van der Waals surface area contributed by atoms with Crippen LogP contribution >= 0.6 is 0 Å². The lowest BCUT2D eigenvalue weighted by atomic mass is 9.76. The molecule has 2 heterocycles. The molecule has 0 spiro atoms. The summed E-state index contributed by atoms with van der Waals surface area (Å²) in [4.78, 5) is 27.8. The summed E-state index contributed by atoms with van der Waals surface area (Å²) in [6.45, 7) is 11.2. The molecule has 3 aliphatic rings. The van der Waals surface area contributed by atoms with Crippen molar-refractivity contribution in [2.75, 3.05) is 40.3 Å². The normalized spacial score (nSPS) is 23.9. The minimum Gasteiger partial charge on any atom is -0.322 e. The molecule has 258 valence electrons. The third-order valence-corrected chi connectivity index (χ3v) is 10.4. The second kappa shape index (κ2) is 15.8. The van der Waals surface area contributed by atoms with Crippen LogP contribution in [0.25, 0.3) is 16.7 Å². The number of halogens is 2. The fraction of sp³-hybridized carbons (Fsp3) is 0.525. The Morgan fingerprint density at radius 1 is 1.12 bits per heavy atom. The fourth-order valence-corrected chi connectivity index (χ4v) is 7.18. The molecule has 0 bridgehead atoms. The van der Waals surface area contributed by atoms with Gasteiger partial charge in [-0.2, -0.15) is 0 Å². The number of alkyl halides is 2. The third kappa shape index (κ3) is 8.75. The van der Waals surface area contributed by atoms with E-state index in [1.54, 1.807) is 11.1 Å². The first-order chi connectivity index (χ1) is 23.0. The van der Waals surface area contributed by atoms with Crippen LogP contribution in [0.2, 0.25) is 0 Å². The summed E-state index contributed by atoms with van der Waals surface area (Å²) < 4.78 is 27.7. The number of rotatable bonds is 10. The van der Waals surface area contributed by atoms with E-state index in [1.807, 2.05) is 18.3 Å². The second-order valence-electron chi connectivity index (χ2n) is 14.2. The van der Waals surface area contributed by atoms with E-state index in [2.05, 4.69) is 87.3 Å². The van der Waals surface area contributed by atoms with Crippen molar-refractivity contribution in [3.05, 3.63) is 82.8 Å².